The van der Waals surface area contributed by atoms with Crippen molar-refractivity contribution in [1.29, 1.82) is 0 Å². The minimum Gasteiger partial charge on any atom is -0.361 e. The molecular weight excluding hydrogens is 220 g/mol. The monoisotopic (exact) mass is 236 g/mol. The second kappa shape index (κ2) is 4.48. The molecule has 3 rings (SSSR count). The Hall–Kier alpha value is -0.990. The summed E-state index contributed by atoms with van der Waals surface area (Å²) in [6.45, 7) is 0. The average Bonchev–Trinajstić information content (AvgIpc) is 2.96. The first kappa shape index (κ1) is 11.5. The number of H-pyrrole nitrogens is 1. The van der Waals surface area contributed by atoms with E-state index < -0.39 is 0 Å². The molecule has 2 aromatic rings. The molecule has 0 saturated heterocycles. The van der Waals surface area contributed by atoms with Gasteiger partial charge in [-0.05, 0) is 24.0 Å². The van der Waals surface area contributed by atoms with Crippen molar-refractivity contribution in [3.05, 3.63) is 36.0 Å². The topological polar surface area (TPSA) is 41.8 Å². The fraction of sp³-hybridized carbons (Fsp3) is 0.385. The summed E-state index contributed by atoms with van der Waals surface area (Å²) in [5.74, 6) is 0.883. The first-order valence-corrected chi connectivity index (χ1v) is 5.66. The quantitative estimate of drug-likeness (QED) is 0.843. The molecule has 1 aromatic heterocycles. The van der Waals surface area contributed by atoms with Crippen LogP contribution < -0.4 is 5.73 Å². The molecule has 1 atom stereocenters. The SMILES string of the molecule is Cl.N[C@H](CC1CC1)c1c[nH]c2ccccc12. The van der Waals surface area contributed by atoms with E-state index in [1.807, 2.05) is 0 Å². The van der Waals surface area contributed by atoms with Gasteiger partial charge in [-0.15, -0.1) is 12.4 Å². The lowest BCUT2D eigenvalue weighted by Crippen LogP contribution is -2.10. The van der Waals surface area contributed by atoms with Gasteiger partial charge in [-0.2, -0.15) is 0 Å². The molecule has 3 N–H and O–H groups in total. The Morgan fingerprint density at radius 2 is 2.06 bits per heavy atom. The molecule has 1 saturated carbocycles. The van der Waals surface area contributed by atoms with Crippen molar-refractivity contribution in [2.45, 2.75) is 25.3 Å². The molecule has 0 radical (unpaired) electrons. The van der Waals surface area contributed by atoms with E-state index in [4.69, 9.17) is 5.73 Å². The third kappa shape index (κ3) is 2.08. The summed E-state index contributed by atoms with van der Waals surface area (Å²) in [6, 6.07) is 8.57. The molecule has 86 valence electrons. The Morgan fingerprint density at radius 3 is 2.81 bits per heavy atom. The Balaban J connectivity index is 0.000000963. The molecule has 2 nitrogen and oxygen atoms in total. The Kier molecular flexibility index (Phi) is 3.22. The van der Waals surface area contributed by atoms with Crippen LogP contribution in [0.3, 0.4) is 0 Å². The van der Waals surface area contributed by atoms with Gasteiger partial charge in [0.1, 0.15) is 0 Å². The highest BCUT2D eigenvalue weighted by atomic mass is 35.5. The van der Waals surface area contributed by atoms with Crippen LogP contribution in [0.1, 0.15) is 30.9 Å². The number of halogens is 1. The van der Waals surface area contributed by atoms with Crippen molar-refractivity contribution in [1.82, 2.24) is 4.98 Å². The summed E-state index contributed by atoms with van der Waals surface area (Å²) in [6.07, 6.45) is 5.95. The highest BCUT2D eigenvalue weighted by Crippen LogP contribution is 2.38. The van der Waals surface area contributed by atoms with E-state index in [-0.39, 0.29) is 18.4 Å². The second-order valence-electron chi connectivity index (χ2n) is 4.58. The minimum atomic E-state index is 0. The predicted octanol–water partition coefficient (Wildman–Crippen LogP) is 3.39. The van der Waals surface area contributed by atoms with Crippen LogP contribution in [0.15, 0.2) is 30.5 Å². The molecule has 0 aliphatic heterocycles. The van der Waals surface area contributed by atoms with Crippen molar-refractivity contribution < 1.29 is 0 Å². The van der Waals surface area contributed by atoms with Crippen LogP contribution in [0.4, 0.5) is 0 Å². The molecule has 0 unspecified atom stereocenters. The van der Waals surface area contributed by atoms with E-state index in [0.717, 1.165) is 12.3 Å². The van der Waals surface area contributed by atoms with Gasteiger partial charge in [0, 0.05) is 23.1 Å². The molecule has 3 heteroatoms. The van der Waals surface area contributed by atoms with Crippen LogP contribution in [-0.4, -0.2) is 4.98 Å². The summed E-state index contributed by atoms with van der Waals surface area (Å²) in [5, 5.41) is 1.28. The maximum Gasteiger partial charge on any atom is 0.0457 e. The Morgan fingerprint density at radius 1 is 1.31 bits per heavy atom. The van der Waals surface area contributed by atoms with E-state index in [1.54, 1.807) is 0 Å². The Bertz CT molecular complexity index is 473. The maximum absolute atomic E-state index is 6.23. The van der Waals surface area contributed by atoms with Crippen molar-refractivity contribution in [3.63, 3.8) is 0 Å². The molecule has 1 heterocycles. The average molecular weight is 237 g/mol. The Labute approximate surface area is 102 Å². The predicted molar refractivity (Wildman–Crippen MR) is 69.8 cm³/mol. The molecule has 1 aliphatic rings. The first-order valence-electron chi connectivity index (χ1n) is 5.66. The van der Waals surface area contributed by atoms with Crippen LogP contribution in [0.2, 0.25) is 0 Å². The zero-order valence-electron chi connectivity index (χ0n) is 9.15. The lowest BCUT2D eigenvalue weighted by molar-refractivity contribution is 0.600. The van der Waals surface area contributed by atoms with Gasteiger partial charge in [0.05, 0.1) is 0 Å². The fourth-order valence-corrected chi connectivity index (χ4v) is 2.24. The molecule has 1 aliphatic carbocycles. The minimum absolute atomic E-state index is 0. The van der Waals surface area contributed by atoms with E-state index in [9.17, 15) is 0 Å². The third-order valence-corrected chi connectivity index (χ3v) is 3.30. The van der Waals surface area contributed by atoms with Crippen molar-refractivity contribution in [2.24, 2.45) is 11.7 Å². The van der Waals surface area contributed by atoms with Crippen molar-refractivity contribution >= 4 is 23.3 Å². The number of nitrogens with one attached hydrogen (secondary N) is 1. The van der Waals surface area contributed by atoms with Gasteiger partial charge in [-0.25, -0.2) is 0 Å². The van der Waals surface area contributed by atoms with Crippen LogP contribution in [0.5, 0.6) is 0 Å². The number of hydrogen-bond acceptors (Lipinski definition) is 1. The summed E-state index contributed by atoms with van der Waals surface area (Å²) < 4.78 is 0. The van der Waals surface area contributed by atoms with E-state index in [1.165, 1.54) is 29.3 Å². The summed E-state index contributed by atoms with van der Waals surface area (Å²) in [4.78, 5) is 3.28. The molecule has 0 bridgehead atoms. The van der Waals surface area contributed by atoms with Gasteiger partial charge in [0.25, 0.3) is 0 Å². The normalized spacial score (nSPS) is 17.1. The van der Waals surface area contributed by atoms with Crippen molar-refractivity contribution in [3.8, 4) is 0 Å². The summed E-state index contributed by atoms with van der Waals surface area (Å²) in [5.41, 5.74) is 8.70. The highest BCUT2D eigenvalue weighted by molar-refractivity contribution is 5.85. The largest absolute Gasteiger partial charge is 0.361 e. The van der Waals surface area contributed by atoms with E-state index in [0.29, 0.717) is 0 Å². The number of rotatable bonds is 3. The number of aromatic amines is 1. The van der Waals surface area contributed by atoms with Gasteiger partial charge in [-0.3, -0.25) is 0 Å². The maximum atomic E-state index is 6.23. The highest BCUT2D eigenvalue weighted by Gasteiger charge is 2.25. The zero-order chi connectivity index (χ0) is 10.3. The van der Waals surface area contributed by atoms with Gasteiger partial charge < -0.3 is 10.7 Å². The smallest absolute Gasteiger partial charge is 0.0457 e. The number of hydrogen-bond donors (Lipinski definition) is 2. The molecule has 1 fully saturated rings. The third-order valence-electron chi connectivity index (χ3n) is 3.30. The number of benzene rings is 1. The summed E-state index contributed by atoms with van der Waals surface area (Å²) in [7, 11) is 0. The number of fused-ring (bicyclic) bond motifs is 1. The van der Waals surface area contributed by atoms with Gasteiger partial charge in [0.15, 0.2) is 0 Å². The number of nitrogens with two attached hydrogens (primary N) is 1. The molecular formula is C13H17ClN2. The number of para-hydroxylation sites is 1. The van der Waals surface area contributed by atoms with Crippen molar-refractivity contribution in [2.75, 3.05) is 0 Å². The molecule has 16 heavy (non-hydrogen) atoms. The van der Waals surface area contributed by atoms with Crippen LogP contribution in [0, 0.1) is 5.92 Å². The van der Waals surface area contributed by atoms with E-state index >= 15 is 0 Å². The van der Waals surface area contributed by atoms with Gasteiger partial charge in [-0.1, -0.05) is 31.0 Å². The van der Waals surface area contributed by atoms with Gasteiger partial charge >= 0.3 is 0 Å². The van der Waals surface area contributed by atoms with Crippen LogP contribution in [-0.2, 0) is 0 Å². The second-order valence-corrected chi connectivity index (χ2v) is 4.58. The lowest BCUT2D eigenvalue weighted by Gasteiger charge is -2.09. The first-order chi connectivity index (χ1) is 7.34. The lowest BCUT2D eigenvalue weighted by atomic mass is 10.0. The van der Waals surface area contributed by atoms with Gasteiger partial charge in [0.2, 0.25) is 0 Å². The molecule has 1 aromatic carbocycles. The van der Waals surface area contributed by atoms with Crippen LogP contribution in [0.25, 0.3) is 10.9 Å². The van der Waals surface area contributed by atoms with E-state index in [2.05, 4.69) is 35.4 Å². The summed E-state index contributed by atoms with van der Waals surface area (Å²) >= 11 is 0. The fourth-order valence-electron chi connectivity index (χ4n) is 2.24. The van der Waals surface area contributed by atoms with Crippen LogP contribution >= 0.6 is 12.4 Å². The number of aromatic nitrogens is 1. The zero-order valence-corrected chi connectivity index (χ0v) is 9.96. The molecule has 0 amide bonds. The standard InChI is InChI=1S/C13H16N2.ClH/c14-12(7-9-5-6-9)11-8-15-13-4-2-1-3-10(11)13;/h1-4,8-9,12,15H,5-7,14H2;1H/t12-;/m1./s1. The molecule has 0 spiro atoms.